The molecule has 0 aliphatic rings. The molecule has 2 nitrogen and oxygen atoms in total. The van der Waals surface area contributed by atoms with Gasteiger partial charge in [-0.3, -0.25) is 0 Å². The van der Waals surface area contributed by atoms with Crippen LogP contribution in [0.25, 0.3) is 11.3 Å². The zero-order chi connectivity index (χ0) is 12.3. The highest BCUT2D eigenvalue weighted by Crippen LogP contribution is 2.30. The molecule has 0 unspecified atom stereocenters. The Hall–Kier alpha value is -1.13. The van der Waals surface area contributed by atoms with Gasteiger partial charge in [0.25, 0.3) is 0 Å². The molecule has 2 aromatic rings. The molecule has 1 aromatic carbocycles. The van der Waals surface area contributed by atoms with Gasteiger partial charge in [-0.25, -0.2) is 9.37 Å². The van der Waals surface area contributed by atoms with E-state index in [4.69, 9.17) is 11.6 Å². The Morgan fingerprint density at radius 2 is 2.29 bits per heavy atom. The average Bonchev–Trinajstić information content (AvgIpc) is 2.75. The van der Waals surface area contributed by atoms with E-state index in [1.54, 1.807) is 6.07 Å². The first-order chi connectivity index (χ1) is 8.20. The molecule has 1 aromatic heterocycles. The maximum Gasteiger partial charge on any atom is 0.183 e. The number of thiazole rings is 1. The van der Waals surface area contributed by atoms with E-state index in [1.165, 1.54) is 23.5 Å². The van der Waals surface area contributed by atoms with Gasteiger partial charge < -0.3 is 5.32 Å². The second-order valence-electron chi connectivity index (χ2n) is 3.59. The third-order valence-electron chi connectivity index (χ3n) is 2.24. The summed E-state index contributed by atoms with van der Waals surface area (Å²) in [5, 5.41) is 6.37. The van der Waals surface area contributed by atoms with Gasteiger partial charge in [-0.1, -0.05) is 18.5 Å². The maximum atomic E-state index is 12.9. The summed E-state index contributed by atoms with van der Waals surface area (Å²) in [4.78, 5) is 4.41. The van der Waals surface area contributed by atoms with Crippen molar-refractivity contribution in [3.63, 3.8) is 0 Å². The smallest absolute Gasteiger partial charge is 0.183 e. The predicted molar refractivity (Wildman–Crippen MR) is 71.3 cm³/mol. The van der Waals surface area contributed by atoms with Crippen LogP contribution in [-0.2, 0) is 0 Å². The van der Waals surface area contributed by atoms with Gasteiger partial charge in [0.15, 0.2) is 5.13 Å². The molecule has 0 radical (unpaired) electrons. The number of benzene rings is 1. The Morgan fingerprint density at radius 3 is 3.00 bits per heavy atom. The number of nitrogens with zero attached hydrogens (tertiary/aromatic N) is 1. The number of hydrogen-bond acceptors (Lipinski definition) is 3. The van der Waals surface area contributed by atoms with Crippen LogP contribution < -0.4 is 5.32 Å². The number of nitrogens with one attached hydrogen (secondary N) is 1. The fourth-order valence-electron chi connectivity index (χ4n) is 1.41. The Morgan fingerprint density at radius 1 is 1.47 bits per heavy atom. The molecule has 5 heteroatoms. The lowest BCUT2D eigenvalue weighted by molar-refractivity contribution is 0.628. The number of aromatic nitrogens is 1. The van der Waals surface area contributed by atoms with Gasteiger partial charge in [0, 0.05) is 17.5 Å². The molecule has 0 fully saturated rings. The summed E-state index contributed by atoms with van der Waals surface area (Å²) >= 11 is 7.50. The fraction of sp³-hybridized carbons (Fsp3) is 0.250. The summed E-state index contributed by atoms with van der Waals surface area (Å²) in [7, 11) is 0. The lowest BCUT2D eigenvalue weighted by Gasteiger charge is -2.01. The first kappa shape index (κ1) is 12.3. The van der Waals surface area contributed by atoms with Crippen molar-refractivity contribution in [2.24, 2.45) is 0 Å². The van der Waals surface area contributed by atoms with E-state index in [0.29, 0.717) is 5.02 Å². The molecule has 0 bridgehead atoms. The summed E-state index contributed by atoms with van der Waals surface area (Å²) in [6, 6.07) is 4.34. The zero-order valence-corrected chi connectivity index (χ0v) is 10.9. The Kier molecular flexibility index (Phi) is 3.97. The largest absolute Gasteiger partial charge is 0.362 e. The number of hydrogen-bond donors (Lipinski definition) is 1. The second kappa shape index (κ2) is 5.47. The molecule has 2 rings (SSSR count). The SMILES string of the molecule is CCCNc1nc(-c2ccc(F)cc2Cl)cs1. The van der Waals surface area contributed by atoms with Crippen LogP contribution in [0.2, 0.25) is 5.02 Å². The summed E-state index contributed by atoms with van der Waals surface area (Å²) < 4.78 is 12.9. The van der Waals surface area contributed by atoms with E-state index in [-0.39, 0.29) is 5.82 Å². The molecular formula is C12H12ClFN2S. The second-order valence-corrected chi connectivity index (χ2v) is 4.85. The molecule has 90 valence electrons. The summed E-state index contributed by atoms with van der Waals surface area (Å²) in [5.74, 6) is -0.335. The lowest BCUT2D eigenvalue weighted by atomic mass is 10.2. The maximum absolute atomic E-state index is 12.9. The molecule has 0 saturated carbocycles. The average molecular weight is 271 g/mol. The van der Waals surface area contributed by atoms with Crippen molar-refractivity contribution in [3.05, 3.63) is 34.4 Å². The van der Waals surface area contributed by atoms with Gasteiger partial charge in [-0.15, -0.1) is 11.3 Å². The molecule has 0 amide bonds. The van der Waals surface area contributed by atoms with Crippen molar-refractivity contribution in [1.82, 2.24) is 4.98 Å². The normalized spacial score (nSPS) is 10.5. The summed E-state index contributed by atoms with van der Waals surface area (Å²) in [5.41, 5.74) is 1.53. The molecular weight excluding hydrogens is 259 g/mol. The van der Waals surface area contributed by atoms with Gasteiger partial charge in [0.05, 0.1) is 10.7 Å². The molecule has 0 aliphatic carbocycles. The quantitative estimate of drug-likeness (QED) is 0.889. The molecule has 0 aliphatic heterocycles. The number of rotatable bonds is 4. The van der Waals surface area contributed by atoms with Crippen LogP contribution in [0.1, 0.15) is 13.3 Å². The minimum absolute atomic E-state index is 0.335. The van der Waals surface area contributed by atoms with Crippen molar-refractivity contribution >= 4 is 28.1 Å². The fourth-order valence-corrected chi connectivity index (χ4v) is 2.41. The van der Waals surface area contributed by atoms with Crippen molar-refractivity contribution in [1.29, 1.82) is 0 Å². The van der Waals surface area contributed by atoms with E-state index in [2.05, 4.69) is 17.2 Å². The van der Waals surface area contributed by atoms with Crippen LogP contribution in [0.3, 0.4) is 0 Å². The van der Waals surface area contributed by atoms with Crippen molar-refractivity contribution in [2.45, 2.75) is 13.3 Å². The van der Waals surface area contributed by atoms with Crippen LogP contribution in [0, 0.1) is 5.82 Å². The van der Waals surface area contributed by atoms with Gasteiger partial charge in [0.2, 0.25) is 0 Å². The van der Waals surface area contributed by atoms with Crippen LogP contribution in [0.5, 0.6) is 0 Å². The molecule has 17 heavy (non-hydrogen) atoms. The molecule has 0 saturated heterocycles. The predicted octanol–water partition coefficient (Wildman–Crippen LogP) is 4.42. The molecule has 0 atom stereocenters. The van der Waals surface area contributed by atoms with Crippen LogP contribution in [-0.4, -0.2) is 11.5 Å². The highest BCUT2D eigenvalue weighted by Gasteiger charge is 2.08. The highest BCUT2D eigenvalue weighted by atomic mass is 35.5. The van der Waals surface area contributed by atoms with Gasteiger partial charge >= 0.3 is 0 Å². The molecule has 1 N–H and O–H groups in total. The first-order valence-corrected chi connectivity index (χ1v) is 6.61. The topological polar surface area (TPSA) is 24.9 Å². The molecule has 0 spiro atoms. The van der Waals surface area contributed by atoms with Gasteiger partial charge in [0.1, 0.15) is 5.82 Å². The number of anilines is 1. The Balaban J connectivity index is 2.24. The van der Waals surface area contributed by atoms with E-state index in [0.717, 1.165) is 29.4 Å². The standard InChI is InChI=1S/C12H12ClFN2S/c1-2-5-15-12-16-11(7-17-12)9-4-3-8(14)6-10(9)13/h3-4,6-7H,2,5H2,1H3,(H,15,16). The van der Waals surface area contributed by atoms with Crippen molar-refractivity contribution in [2.75, 3.05) is 11.9 Å². The van der Waals surface area contributed by atoms with E-state index in [9.17, 15) is 4.39 Å². The van der Waals surface area contributed by atoms with Crippen molar-refractivity contribution < 1.29 is 4.39 Å². The van der Waals surface area contributed by atoms with Crippen LogP contribution in [0.15, 0.2) is 23.6 Å². The Labute approximate surface area is 108 Å². The summed E-state index contributed by atoms with van der Waals surface area (Å²) in [6.45, 7) is 2.99. The van der Waals surface area contributed by atoms with Crippen LogP contribution >= 0.6 is 22.9 Å². The lowest BCUT2D eigenvalue weighted by Crippen LogP contribution is -1.98. The minimum atomic E-state index is -0.335. The van der Waals surface area contributed by atoms with E-state index in [1.807, 2.05) is 5.38 Å². The van der Waals surface area contributed by atoms with E-state index < -0.39 is 0 Å². The van der Waals surface area contributed by atoms with Gasteiger partial charge in [-0.2, -0.15) is 0 Å². The summed E-state index contributed by atoms with van der Waals surface area (Å²) in [6.07, 6.45) is 1.05. The minimum Gasteiger partial charge on any atom is -0.362 e. The van der Waals surface area contributed by atoms with Crippen LogP contribution in [0.4, 0.5) is 9.52 Å². The van der Waals surface area contributed by atoms with Crippen molar-refractivity contribution in [3.8, 4) is 11.3 Å². The first-order valence-electron chi connectivity index (χ1n) is 5.35. The Bertz CT molecular complexity index is 513. The monoisotopic (exact) mass is 270 g/mol. The zero-order valence-electron chi connectivity index (χ0n) is 9.34. The van der Waals surface area contributed by atoms with Gasteiger partial charge in [-0.05, 0) is 24.6 Å². The third kappa shape index (κ3) is 2.96. The molecule has 1 heterocycles. The third-order valence-corrected chi connectivity index (χ3v) is 3.35. The highest BCUT2D eigenvalue weighted by molar-refractivity contribution is 7.14. The number of halogens is 2. The van der Waals surface area contributed by atoms with E-state index >= 15 is 0 Å².